The van der Waals surface area contributed by atoms with Gasteiger partial charge in [-0.3, -0.25) is 0 Å². The fourth-order valence-corrected chi connectivity index (χ4v) is 2.99. The van der Waals surface area contributed by atoms with Gasteiger partial charge in [-0.05, 0) is 47.8 Å². The molecule has 0 bridgehead atoms. The van der Waals surface area contributed by atoms with Crippen LogP contribution in [0, 0.1) is 0 Å². The van der Waals surface area contributed by atoms with Crippen molar-refractivity contribution < 1.29 is 14.3 Å². The van der Waals surface area contributed by atoms with Crippen LogP contribution in [0.1, 0.15) is 35.7 Å². The van der Waals surface area contributed by atoms with Gasteiger partial charge in [0, 0.05) is 23.2 Å². The van der Waals surface area contributed by atoms with Crippen molar-refractivity contribution in [2.45, 2.75) is 26.3 Å². The van der Waals surface area contributed by atoms with Gasteiger partial charge in [0.2, 0.25) is 0 Å². The van der Waals surface area contributed by atoms with Crippen LogP contribution in [0.15, 0.2) is 53.9 Å². The number of benzene rings is 2. The first-order valence-electron chi connectivity index (χ1n) is 9.34. The highest BCUT2D eigenvalue weighted by atomic mass is 32.1. The molecule has 150 valence electrons. The lowest BCUT2D eigenvalue weighted by Crippen LogP contribution is -2.28. The van der Waals surface area contributed by atoms with Crippen LogP contribution in [0.2, 0.25) is 0 Å². The molecule has 2 N–H and O–H groups in total. The molecule has 2 amide bonds. The number of hydrogen-bond donors (Lipinski definition) is 2. The molecule has 8 heteroatoms. The Morgan fingerprint density at radius 1 is 1.07 bits per heavy atom. The van der Waals surface area contributed by atoms with E-state index in [0.29, 0.717) is 24.4 Å². The Morgan fingerprint density at radius 3 is 2.48 bits per heavy atom. The van der Waals surface area contributed by atoms with Crippen molar-refractivity contribution in [3.05, 3.63) is 65.0 Å². The molecule has 0 aliphatic rings. The largest absolute Gasteiger partial charge is 0.462 e. The molecule has 29 heavy (non-hydrogen) atoms. The van der Waals surface area contributed by atoms with E-state index in [1.807, 2.05) is 36.6 Å². The van der Waals surface area contributed by atoms with E-state index in [0.717, 1.165) is 29.7 Å². The van der Waals surface area contributed by atoms with Crippen molar-refractivity contribution in [2.24, 2.45) is 0 Å². The molecule has 0 saturated carbocycles. The Labute approximate surface area is 173 Å². The lowest BCUT2D eigenvalue weighted by atomic mass is 10.1. The highest BCUT2D eigenvalue weighted by Gasteiger charge is 2.08. The number of urea groups is 1. The zero-order valence-corrected chi connectivity index (χ0v) is 16.9. The maximum absolute atomic E-state index is 12.1. The molecule has 0 atom stereocenters. The number of anilines is 1. The van der Waals surface area contributed by atoms with Gasteiger partial charge in [-0.2, -0.15) is 0 Å². The second-order valence-electron chi connectivity index (χ2n) is 6.36. The van der Waals surface area contributed by atoms with Crippen LogP contribution in [0.3, 0.4) is 0 Å². The monoisotopic (exact) mass is 410 g/mol. The Hall–Kier alpha value is -3.26. The van der Waals surface area contributed by atoms with Crippen molar-refractivity contribution in [2.75, 3.05) is 11.9 Å². The van der Waals surface area contributed by atoms with Crippen LogP contribution in [0.25, 0.3) is 11.3 Å². The number of esters is 1. The number of rotatable bonds is 8. The van der Waals surface area contributed by atoms with Gasteiger partial charge in [0.15, 0.2) is 0 Å². The van der Waals surface area contributed by atoms with Crippen molar-refractivity contribution in [3.8, 4) is 11.3 Å². The molecule has 3 rings (SSSR count). The quantitative estimate of drug-likeness (QED) is 0.422. The fraction of sp³-hybridized carbons (Fsp3) is 0.238. The summed E-state index contributed by atoms with van der Waals surface area (Å²) < 4.78 is 9.02. The summed E-state index contributed by atoms with van der Waals surface area (Å²) in [6.45, 7) is 2.84. The number of amides is 2. The number of nitrogens with zero attached hydrogens (tertiary/aromatic N) is 2. The van der Waals surface area contributed by atoms with Gasteiger partial charge in [-0.15, -0.1) is 5.10 Å². The molecular formula is C21H22N4O3S. The topological polar surface area (TPSA) is 93.2 Å². The number of unbranched alkanes of at least 4 members (excludes halogenated alkanes) is 1. The highest BCUT2D eigenvalue weighted by Crippen LogP contribution is 2.18. The van der Waals surface area contributed by atoms with E-state index in [1.54, 1.807) is 24.3 Å². The molecule has 0 fully saturated rings. The molecule has 7 nitrogen and oxygen atoms in total. The zero-order valence-electron chi connectivity index (χ0n) is 16.1. The maximum Gasteiger partial charge on any atom is 0.338 e. The number of ether oxygens (including phenoxy) is 1. The normalized spacial score (nSPS) is 10.4. The number of carbonyl (C=O) groups is 2. The van der Waals surface area contributed by atoms with Crippen LogP contribution >= 0.6 is 11.5 Å². The van der Waals surface area contributed by atoms with Gasteiger partial charge in [-0.1, -0.05) is 42.1 Å². The predicted molar refractivity (Wildman–Crippen MR) is 113 cm³/mol. The lowest BCUT2D eigenvalue weighted by Gasteiger charge is -2.09. The standard InChI is InChI=1S/C21H22N4O3S/c1-2-3-12-28-20(26)17-8-10-18(11-9-17)23-21(27)22-13-15-4-6-16(7-5-15)19-14-29-25-24-19/h4-11,14H,2-3,12-13H2,1H3,(H2,22,23,27). The van der Waals surface area contributed by atoms with Gasteiger partial charge in [0.05, 0.1) is 12.2 Å². The number of nitrogens with one attached hydrogen (secondary N) is 2. The van der Waals surface area contributed by atoms with E-state index in [-0.39, 0.29) is 12.0 Å². The van der Waals surface area contributed by atoms with E-state index in [1.165, 1.54) is 11.5 Å². The Balaban J connectivity index is 1.46. The van der Waals surface area contributed by atoms with Crippen molar-refractivity contribution >= 4 is 29.2 Å². The summed E-state index contributed by atoms with van der Waals surface area (Å²) in [5, 5.41) is 11.5. The minimum Gasteiger partial charge on any atom is -0.462 e. The smallest absolute Gasteiger partial charge is 0.338 e. The van der Waals surface area contributed by atoms with E-state index >= 15 is 0 Å². The minimum atomic E-state index is -0.355. The summed E-state index contributed by atoms with van der Waals surface area (Å²) in [4.78, 5) is 24.0. The molecule has 0 spiro atoms. The van der Waals surface area contributed by atoms with Gasteiger partial charge in [0.25, 0.3) is 0 Å². The number of carbonyl (C=O) groups excluding carboxylic acids is 2. The van der Waals surface area contributed by atoms with Crippen LogP contribution in [0.4, 0.5) is 10.5 Å². The molecule has 0 radical (unpaired) electrons. The third-order valence-corrected chi connectivity index (χ3v) is 4.68. The second kappa shape index (κ2) is 10.3. The van der Waals surface area contributed by atoms with Crippen molar-refractivity contribution in [1.82, 2.24) is 14.9 Å². The summed E-state index contributed by atoms with van der Waals surface area (Å²) in [6, 6.07) is 14.1. The molecule has 0 unspecified atom stereocenters. The van der Waals surface area contributed by atoms with Crippen LogP contribution < -0.4 is 10.6 Å². The summed E-state index contributed by atoms with van der Waals surface area (Å²) in [5.41, 5.74) is 3.85. The van der Waals surface area contributed by atoms with Crippen molar-refractivity contribution in [1.29, 1.82) is 0 Å². The van der Waals surface area contributed by atoms with Gasteiger partial charge in [-0.25, -0.2) is 9.59 Å². The molecule has 3 aromatic rings. The van der Waals surface area contributed by atoms with Gasteiger partial charge in [0.1, 0.15) is 5.69 Å². The van der Waals surface area contributed by atoms with Crippen LogP contribution in [-0.4, -0.2) is 28.2 Å². The fourth-order valence-electron chi connectivity index (χ4n) is 2.52. The van der Waals surface area contributed by atoms with E-state index in [9.17, 15) is 9.59 Å². The summed E-state index contributed by atoms with van der Waals surface area (Å²) in [6.07, 6.45) is 1.81. The average molecular weight is 410 g/mol. The number of aromatic nitrogens is 2. The molecule has 1 heterocycles. The first-order chi connectivity index (χ1) is 14.2. The molecule has 2 aromatic carbocycles. The van der Waals surface area contributed by atoms with E-state index in [2.05, 4.69) is 20.2 Å². The second-order valence-corrected chi connectivity index (χ2v) is 6.97. The minimum absolute atomic E-state index is 0.323. The Morgan fingerprint density at radius 2 is 1.83 bits per heavy atom. The Kier molecular flexibility index (Phi) is 7.29. The van der Waals surface area contributed by atoms with Gasteiger partial charge >= 0.3 is 12.0 Å². The summed E-state index contributed by atoms with van der Waals surface area (Å²) >= 11 is 1.31. The molecule has 0 saturated heterocycles. The third kappa shape index (κ3) is 6.11. The number of hydrogen-bond acceptors (Lipinski definition) is 6. The third-order valence-electron chi connectivity index (χ3n) is 4.17. The summed E-state index contributed by atoms with van der Waals surface area (Å²) in [7, 11) is 0. The van der Waals surface area contributed by atoms with E-state index < -0.39 is 0 Å². The molecule has 1 aromatic heterocycles. The van der Waals surface area contributed by atoms with E-state index in [4.69, 9.17) is 4.74 Å². The highest BCUT2D eigenvalue weighted by molar-refractivity contribution is 7.03. The average Bonchev–Trinajstić information content (AvgIpc) is 3.28. The van der Waals surface area contributed by atoms with Crippen LogP contribution in [-0.2, 0) is 11.3 Å². The maximum atomic E-state index is 12.1. The SMILES string of the molecule is CCCCOC(=O)c1ccc(NC(=O)NCc2ccc(-c3csnn3)cc2)cc1. The zero-order chi connectivity index (χ0) is 20.5. The van der Waals surface area contributed by atoms with Crippen LogP contribution in [0.5, 0.6) is 0 Å². The molecule has 0 aliphatic carbocycles. The predicted octanol–water partition coefficient (Wildman–Crippen LogP) is 4.48. The first kappa shape index (κ1) is 20.5. The Bertz CT molecular complexity index is 926. The van der Waals surface area contributed by atoms with Crippen molar-refractivity contribution in [3.63, 3.8) is 0 Å². The summed E-state index contributed by atoms with van der Waals surface area (Å²) in [5.74, 6) is -0.355. The van der Waals surface area contributed by atoms with Gasteiger partial charge < -0.3 is 15.4 Å². The first-order valence-corrected chi connectivity index (χ1v) is 10.2. The molecular weight excluding hydrogens is 388 g/mol. The lowest BCUT2D eigenvalue weighted by molar-refractivity contribution is 0.0500. The molecule has 0 aliphatic heterocycles.